The molecular formula is C15H22N2O. The molecule has 1 aliphatic heterocycles. The molecule has 1 heterocycles. The summed E-state index contributed by atoms with van der Waals surface area (Å²) in [5, 5.41) is 6.42. The second-order valence-electron chi connectivity index (χ2n) is 4.96. The van der Waals surface area contributed by atoms with Gasteiger partial charge in [0.05, 0.1) is 5.54 Å². The van der Waals surface area contributed by atoms with Gasteiger partial charge in [0, 0.05) is 6.54 Å². The van der Waals surface area contributed by atoms with E-state index < -0.39 is 0 Å². The van der Waals surface area contributed by atoms with Crippen molar-refractivity contribution in [2.75, 3.05) is 13.1 Å². The van der Waals surface area contributed by atoms with Gasteiger partial charge in [-0.05, 0) is 37.8 Å². The molecule has 3 heteroatoms. The van der Waals surface area contributed by atoms with E-state index in [9.17, 15) is 4.79 Å². The van der Waals surface area contributed by atoms with E-state index >= 15 is 0 Å². The van der Waals surface area contributed by atoms with Crippen molar-refractivity contribution in [3.63, 3.8) is 0 Å². The molecule has 0 radical (unpaired) electrons. The molecule has 1 aliphatic rings. The lowest BCUT2D eigenvalue weighted by molar-refractivity contribution is -0.127. The van der Waals surface area contributed by atoms with E-state index in [1.165, 1.54) is 5.56 Å². The van der Waals surface area contributed by atoms with Crippen LogP contribution in [0.4, 0.5) is 0 Å². The lowest BCUT2D eigenvalue weighted by Crippen LogP contribution is -2.53. The zero-order valence-electron chi connectivity index (χ0n) is 11.0. The monoisotopic (exact) mass is 246 g/mol. The molecule has 2 rings (SSSR count). The average Bonchev–Trinajstić information content (AvgIpc) is 2.90. The normalized spacial score (nSPS) is 22.9. The Balaban J connectivity index is 1.81. The summed E-state index contributed by atoms with van der Waals surface area (Å²) in [6, 6.07) is 10.3. The summed E-state index contributed by atoms with van der Waals surface area (Å²) in [7, 11) is 0. The Morgan fingerprint density at radius 2 is 2.17 bits per heavy atom. The molecule has 1 aromatic rings. The van der Waals surface area contributed by atoms with E-state index in [-0.39, 0.29) is 11.4 Å². The van der Waals surface area contributed by atoms with Gasteiger partial charge < -0.3 is 10.6 Å². The third kappa shape index (κ3) is 2.91. The van der Waals surface area contributed by atoms with E-state index in [0.717, 1.165) is 32.2 Å². The second kappa shape index (κ2) is 6.01. The predicted molar refractivity (Wildman–Crippen MR) is 73.4 cm³/mol. The van der Waals surface area contributed by atoms with Gasteiger partial charge in [0.2, 0.25) is 5.91 Å². The topological polar surface area (TPSA) is 41.1 Å². The molecule has 3 nitrogen and oxygen atoms in total. The van der Waals surface area contributed by atoms with Crippen LogP contribution in [0.3, 0.4) is 0 Å². The Hall–Kier alpha value is -1.35. The number of hydrogen-bond acceptors (Lipinski definition) is 2. The molecule has 98 valence electrons. The summed E-state index contributed by atoms with van der Waals surface area (Å²) in [5.74, 6) is 0.165. The van der Waals surface area contributed by atoms with Crippen LogP contribution in [0.5, 0.6) is 0 Å². The van der Waals surface area contributed by atoms with Crippen molar-refractivity contribution < 1.29 is 4.79 Å². The Kier molecular flexibility index (Phi) is 4.37. The highest BCUT2D eigenvalue weighted by molar-refractivity contribution is 5.86. The summed E-state index contributed by atoms with van der Waals surface area (Å²) in [6.45, 7) is 3.75. The Morgan fingerprint density at radius 3 is 2.78 bits per heavy atom. The van der Waals surface area contributed by atoms with Gasteiger partial charge in [-0.2, -0.15) is 0 Å². The highest BCUT2D eigenvalue weighted by Crippen LogP contribution is 2.22. The largest absolute Gasteiger partial charge is 0.354 e. The minimum Gasteiger partial charge on any atom is -0.354 e. The summed E-state index contributed by atoms with van der Waals surface area (Å²) in [5.41, 5.74) is 0.958. The van der Waals surface area contributed by atoms with Crippen molar-refractivity contribution in [1.29, 1.82) is 0 Å². The second-order valence-corrected chi connectivity index (χ2v) is 4.96. The molecule has 1 fully saturated rings. The molecule has 1 saturated heterocycles. The first-order valence-corrected chi connectivity index (χ1v) is 6.84. The van der Waals surface area contributed by atoms with E-state index in [1.54, 1.807) is 0 Å². The summed E-state index contributed by atoms with van der Waals surface area (Å²) >= 11 is 0. The van der Waals surface area contributed by atoms with Gasteiger partial charge in [0.1, 0.15) is 0 Å². The molecule has 0 bridgehead atoms. The fraction of sp³-hybridized carbons (Fsp3) is 0.533. The van der Waals surface area contributed by atoms with Crippen molar-refractivity contribution in [2.24, 2.45) is 0 Å². The van der Waals surface area contributed by atoms with Gasteiger partial charge in [-0.15, -0.1) is 0 Å². The molecular weight excluding hydrogens is 224 g/mol. The minimum absolute atomic E-state index is 0.165. The van der Waals surface area contributed by atoms with Crippen molar-refractivity contribution in [3.8, 4) is 0 Å². The molecule has 1 unspecified atom stereocenters. The summed E-state index contributed by atoms with van der Waals surface area (Å²) in [6.07, 6.45) is 3.82. The molecule has 1 aromatic carbocycles. The fourth-order valence-electron chi connectivity index (χ4n) is 2.60. The molecule has 1 atom stereocenters. The number of carbonyl (C=O) groups excluding carboxylic acids is 1. The van der Waals surface area contributed by atoms with Gasteiger partial charge in [0.25, 0.3) is 0 Å². The van der Waals surface area contributed by atoms with Crippen LogP contribution in [0, 0.1) is 0 Å². The number of benzene rings is 1. The van der Waals surface area contributed by atoms with Crippen LogP contribution in [0.15, 0.2) is 30.3 Å². The van der Waals surface area contributed by atoms with Crippen molar-refractivity contribution >= 4 is 5.91 Å². The van der Waals surface area contributed by atoms with Crippen LogP contribution in [-0.2, 0) is 11.2 Å². The van der Waals surface area contributed by atoms with Crippen LogP contribution in [-0.4, -0.2) is 24.5 Å². The number of amides is 1. The third-order valence-corrected chi connectivity index (χ3v) is 3.82. The standard InChI is InChI=1S/C15H22N2O/c1-2-15(10-6-11-17-15)14(18)16-12-9-13-7-4-3-5-8-13/h3-5,7-8,17H,2,6,9-12H2,1H3,(H,16,18). The van der Waals surface area contributed by atoms with Gasteiger partial charge in [-0.3, -0.25) is 4.79 Å². The molecule has 1 amide bonds. The first-order chi connectivity index (χ1) is 8.77. The Labute approximate surface area is 109 Å². The molecule has 18 heavy (non-hydrogen) atoms. The Bertz CT molecular complexity index is 383. The lowest BCUT2D eigenvalue weighted by Gasteiger charge is -2.26. The number of rotatable bonds is 5. The highest BCUT2D eigenvalue weighted by Gasteiger charge is 2.38. The summed E-state index contributed by atoms with van der Waals surface area (Å²) in [4.78, 5) is 12.2. The van der Waals surface area contributed by atoms with Crippen LogP contribution in [0.25, 0.3) is 0 Å². The Morgan fingerprint density at radius 1 is 1.39 bits per heavy atom. The quantitative estimate of drug-likeness (QED) is 0.833. The minimum atomic E-state index is -0.309. The van der Waals surface area contributed by atoms with E-state index in [0.29, 0.717) is 6.54 Å². The smallest absolute Gasteiger partial charge is 0.240 e. The highest BCUT2D eigenvalue weighted by atomic mass is 16.2. The van der Waals surface area contributed by atoms with E-state index in [2.05, 4.69) is 29.7 Å². The number of hydrogen-bond donors (Lipinski definition) is 2. The van der Waals surface area contributed by atoms with Crippen molar-refractivity contribution in [1.82, 2.24) is 10.6 Å². The predicted octanol–water partition coefficient (Wildman–Crippen LogP) is 1.88. The average molecular weight is 246 g/mol. The van der Waals surface area contributed by atoms with Gasteiger partial charge in [-0.25, -0.2) is 0 Å². The number of carbonyl (C=O) groups is 1. The molecule has 0 saturated carbocycles. The maximum absolute atomic E-state index is 12.2. The van der Waals surface area contributed by atoms with Crippen LogP contribution < -0.4 is 10.6 Å². The zero-order chi connectivity index (χ0) is 12.8. The first-order valence-electron chi connectivity index (χ1n) is 6.84. The SMILES string of the molecule is CCC1(C(=O)NCCc2ccccc2)CCCN1. The van der Waals surface area contributed by atoms with Gasteiger partial charge in [0.15, 0.2) is 0 Å². The molecule has 0 spiro atoms. The van der Waals surface area contributed by atoms with Crippen molar-refractivity contribution in [2.45, 2.75) is 38.1 Å². The van der Waals surface area contributed by atoms with Crippen LogP contribution in [0.2, 0.25) is 0 Å². The van der Waals surface area contributed by atoms with Crippen molar-refractivity contribution in [3.05, 3.63) is 35.9 Å². The first kappa shape index (κ1) is 13.1. The zero-order valence-corrected chi connectivity index (χ0v) is 11.0. The molecule has 0 aliphatic carbocycles. The summed E-state index contributed by atoms with van der Waals surface area (Å²) < 4.78 is 0. The molecule has 0 aromatic heterocycles. The lowest BCUT2D eigenvalue weighted by atomic mass is 9.93. The van der Waals surface area contributed by atoms with Crippen LogP contribution >= 0.6 is 0 Å². The maximum atomic E-state index is 12.2. The third-order valence-electron chi connectivity index (χ3n) is 3.82. The van der Waals surface area contributed by atoms with E-state index in [1.807, 2.05) is 18.2 Å². The fourth-order valence-corrected chi connectivity index (χ4v) is 2.60. The van der Waals surface area contributed by atoms with Crippen LogP contribution in [0.1, 0.15) is 31.7 Å². The maximum Gasteiger partial charge on any atom is 0.240 e. The van der Waals surface area contributed by atoms with Gasteiger partial charge >= 0.3 is 0 Å². The molecule has 2 N–H and O–H groups in total. The van der Waals surface area contributed by atoms with E-state index in [4.69, 9.17) is 0 Å². The number of nitrogens with one attached hydrogen (secondary N) is 2. The van der Waals surface area contributed by atoms with Gasteiger partial charge in [-0.1, -0.05) is 37.3 Å².